The topological polar surface area (TPSA) is 71.1 Å². The summed E-state index contributed by atoms with van der Waals surface area (Å²) in [5, 5.41) is 0. The zero-order valence-electron chi connectivity index (χ0n) is 14.7. The van der Waals surface area contributed by atoms with Crippen LogP contribution in [0, 0.1) is 0 Å². The van der Waals surface area contributed by atoms with Gasteiger partial charge in [-0.2, -0.15) is 0 Å². The largest absolute Gasteiger partial charge is 0.497 e. The molecular formula is C20H20O6. The second-order valence-electron chi connectivity index (χ2n) is 5.19. The SMILES string of the molecule is C=CCOc1ccc(C(=O)OCC(=O)c2ccc(OC)cc2OC)cc1. The summed E-state index contributed by atoms with van der Waals surface area (Å²) in [4.78, 5) is 24.4. The Kier molecular flexibility index (Phi) is 6.79. The quantitative estimate of drug-likeness (QED) is 0.390. The van der Waals surface area contributed by atoms with Gasteiger partial charge in [0.05, 0.1) is 25.3 Å². The van der Waals surface area contributed by atoms with Gasteiger partial charge in [0.25, 0.3) is 0 Å². The molecule has 0 saturated heterocycles. The van der Waals surface area contributed by atoms with Crippen molar-refractivity contribution < 1.29 is 28.5 Å². The molecule has 2 aromatic rings. The van der Waals surface area contributed by atoms with Crippen molar-refractivity contribution in [2.75, 3.05) is 27.4 Å². The van der Waals surface area contributed by atoms with Crippen LogP contribution in [0.1, 0.15) is 20.7 Å². The summed E-state index contributed by atoms with van der Waals surface area (Å²) in [5.41, 5.74) is 0.639. The maximum Gasteiger partial charge on any atom is 0.338 e. The fraction of sp³-hybridized carbons (Fsp3) is 0.200. The van der Waals surface area contributed by atoms with Crippen LogP contribution in [0.15, 0.2) is 55.1 Å². The van der Waals surface area contributed by atoms with E-state index in [9.17, 15) is 9.59 Å². The Morgan fingerprint density at radius 3 is 2.31 bits per heavy atom. The van der Waals surface area contributed by atoms with Gasteiger partial charge in [-0.05, 0) is 36.4 Å². The Morgan fingerprint density at radius 1 is 1.00 bits per heavy atom. The minimum atomic E-state index is -0.596. The van der Waals surface area contributed by atoms with E-state index in [1.807, 2.05) is 0 Å². The zero-order valence-corrected chi connectivity index (χ0v) is 14.7. The molecule has 0 aromatic heterocycles. The van der Waals surface area contributed by atoms with Crippen molar-refractivity contribution in [1.82, 2.24) is 0 Å². The van der Waals surface area contributed by atoms with Crippen LogP contribution in [0.2, 0.25) is 0 Å². The molecule has 0 amide bonds. The van der Waals surface area contributed by atoms with Crippen LogP contribution in [0.25, 0.3) is 0 Å². The van der Waals surface area contributed by atoms with Crippen molar-refractivity contribution in [3.05, 3.63) is 66.2 Å². The average molecular weight is 356 g/mol. The monoisotopic (exact) mass is 356 g/mol. The summed E-state index contributed by atoms with van der Waals surface area (Å²) in [6.07, 6.45) is 1.63. The molecule has 2 rings (SSSR count). The van der Waals surface area contributed by atoms with Gasteiger partial charge in [0.2, 0.25) is 5.78 Å². The second kappa shape index (κ2) is 9.27. The van der Waals surface area contributed by atoms with Crippen LogP contribution >= 0.6 is 0 Å². The van der Waals surface area contributed by atoms with Gasteiger partial charge in [-0.25, -0.2) is 4.79 Å². The van der Waals surface area contributed by atoms with E-state index in [1.165, 1.54) is 14.2 Å². The predicted molar refractivity (Wildman–Crippen MR) is 96.3 cm³/mol. The minimum absolute atomic E-state index is 0.314. The highest BCUT2D eigenvalue weighted by Gasteiger charge is 2.16. The van der Waals surface area contributed by atoms with Crippen molar-refractivity contribution in [2.45, 2.75) is 0 Å². The molecule has 0 unspecified atom stereocenters. The van der Waals surface area contributed by atoms with E-state index in [4.69, 9.17) is 18.9 Å². The van der Waals surface area contributed by atoms with Gasteiger partial charge in [-0.15, -0.1) is 0 Å². The lowest BCUT2D eigenvalue weighted by Crippen LogP contribution is -2.15. The number of benzene rings is 2. The van der Waals surface area contributed by atoms with Crippen molar-refractivity contribution >= 4 is 11.8 Å². The molecule has 0 heterocycles. The third-order valence-corrected chi connectivity index (χ3v) is 3.50. The van der Waals surface area contributed by atoms with Crippen LogP contribution in [-0.2, 0) is 4.74 Å². The van der Waals surface area contributed by atoms with Gasteiger partial charge >= 0.3 is 5.97 Å². The van der Waals surface area contributed by atoms with E-state index in [-0.39, 0.29) is 5.78 Å². The highest BCUT2D eigenvalue weighted by molar-refractivity contribution is 6.01. The molecule has 0 N–H and O–H groups in total. The fourth-order valence-electron chi connectivity index (χ4n) is 2.16. The normalized spacial score (nSPS) is 9.92. The van der Waals surface area contributed by atoms with Crippen LogP contribution in [0.5, 0.6) is 17.2 Å². The van der Waals surface area contributed by atoms with Crippen molar-refractivity contribution in [1.29, 1.82) is 0 Å². The Hall–Kier alpha value is -3.28. The maximum atomic E-state index is 12.3. The third kappa shape index (κ3) is 4.86. The summed E-state index contributed by atoms with van der Waals surface area (Å²) in [6, 6.07) is 11.2. The molecule has 0 bridgehead atoms. The molecule has 2 aromatic carbocycles. The van der Waals surface area contributed by atoms with E-state index in [2.05, 4.69) is 6.58 Å². The standard InChI is InChI=1S/C20H20O6/c1-4-11-25-15-7-5-14(6-8-15)20(22)26-13-18(21)17-10-9-16(23-2)12-19(17)24-3/h4-10,12H,1,11,13H2,2-3H3. The summed E-state index contributed by atoms with van der Waals surface area (Å²) < 4.78 is 20.7. The Labute approximate surface area is 151 Å². The summed E-state index contributed by atoms with van der Waals surface area (Å²) in [7, 11) is 2.97. The van der Waals surface area contributed by atoms with Crippen molar-refractivity contribution in [2.24, 2.45) is 0 Å². The number of hydrogen-bond donors (Lipinski definition) is 0. The van der Waals surface area contributed by atoms with E-state index in [0.29, 0.717) is 35.0 Å². The van der Waals surface area contributed by atoms with Crippen LogP contribution in [0.4, 0.5) is 0 Å². The highest BCUT2D eigenvalue weighted by Crippen LogP contribution is 2.25. The molecule has 0 radical (unpaired) electrons. The average Bonchev–Trinajstić information content (AvgIpc) is 2.69. The Balaban J connectivity index is 1.98. The van der Waals surface area contributed by atoms with E-state index < -0.39 is 12.6 Å². The van der Waals surface area contributed by atoms with Crippen LogP contribution in [-0.4, -0.2) is 39.2 Å². The lowest BCUT2D eigenvalue weighted by molar-refractivity contribution is 0.0474. The number of Topliss-reactive ketones (excluding diaryl/α,β-unsaturated/α-hetero) is 1. The minimum Gasteiger partial charge on any atom is -0.497 e. The summed E-state index contributed by atoms with van der Waals surface area (Å²) in [6.45, 7) is 3.55. The number of methoxy groups -OCH3 is 2. The van der Waals surface area contributed by atoms with Crippen LogP contribution in [0.3, 0.4) is 0 Å². The van der Waals surface area contributed by atoms with Crippen molar-refractivity contribution in [3.8, 4) is 17.2 Å². The highest BCUT2D eigenvalue weighted by atomic mass is 16.5. The first-order valence-electron chi connectivity index (χ1n) is 7.85. The van der Waals surface area contributed by atoms with Gasteiger partial charge < -0.3 is 18.9 Å². The zero-order chi connectivity index (χ0) is 18.9. The van der Waals surface area contributed by atoms with Gasteiger partial charge in [-0.1, -0.05) is 12.7 Å². The number of ketones is 1. The number of rotatable bonds is 9. The number of carbonyl (C=O) groups excluding carboxylic acids is 2. The molecule has 0 aliphatic heterocycles. The first-order chi connectivity index (χ1) is 12.6. The third-order valence-electron chi connectivity index (χ3n) is 3.50. The van der Waals surface area contributed by atoms with E-state index in [0.717, 1.165) is 0 Å². The van der Waals surface area contributed by atoms with Crippen molar-refractivity contribution in [3.63, 3.8) is 0 Å². The first kappa shape index (κ1) is 19.1. The number of hydrogen-bond acceptors (Lipinski definition) is 6. The summed E-state index contributed by atoms with van der Waals surface area (Å²) in [5.74, 6) is 0.564. The van der Waals surface area contributed by atoms with Gasteiger partial charge in [0, 0.05) is 6.07 Å². The second-order valence-corrected chi connectivity index (χ2v) is 5.19. The Morgan fingerprint density at radius 2 is 1.69 bits per heavy atom. The number of ether oxygens (including phenoxy) is 4. The summed E-state index contributed by atoms with van der Waals surface area (Å²) >= 11 is 0. The molecule has 0 aliphatic rings. The van der Waals surface area contributed by atoms with Gasteiger partial charge in [-0.3, -0.25) is 4.79 Å². The lowest BCUT2D eigenvalue weighted by Gasteiger charge is -2.10. The molecule has 0 saturated carbocycles. The van der Waals surface area contributed by atoms with E-state index >= 15 is 0 Å². The molecule has 6 nitrogen and oxygen atoms in total. The predicted octanol–water partition coefficient (Wildman–Crippen LogP) is 3.31. The maximum absolute atomic E-state index is 12.3. The smallest absolute Gasteiger partial charge is 0.338 e. The van der Waals surface area contributed by atoms with Gasteiger partial charge in [0.15, 0.2) is 6.61 Å². The molecule has 136 valence electrons. The molecule has 6 heteroatoms. The molecule has 0 atom stereocenters. The lowest BCUT2D eigenvalue weighted by atomic mass is 10.1. The van der Waals surface area contributed by atoms with E-state index in [1.54, 1.807) is 48.5 Å². The molecule has 0 fully saturated rings. The molecule has 0 spiro atoms. The number of carbonyl (C=O) groups is 2. The Bertz CT molecular complexity index is 779. The van der Waals surface area contributed by atoms with Crippen LogP contribution < -0.4 is 14.2 Å². The van der Waals surface area contributed by atoms with Gasteiger partial charge in [0.1, 0.15) is 23.9 Å². The molecule has 26 heavy (non-hydrogen) atoms. The fourth-order valence-corrected chi connectivity index (χ4v) is 2.16. The molecule has 0 aliphatic carbocycles. The first-order valence-corrected chi connectivity index (χ1v) is 7.85. The number of esters is 1. The molecular weight excluding hydrogens is 336 g/mol.